The van der Waals surface area contributed by atoms with Crippen LogP contribution in [0.4, 0.5) is 5.69 Å². The van der Waals surface area contributed by atoms with Gasteiger partial charge >= 0.3 is 0 Å². The Morgan fingerprint density at radius 2 is 1.62 bits per heavy atom. The van der Waals surface area contributed by atoms with Gasteiger partial charge in [-0.05, 0) is 55.8 Å². The lowest BCUT2D eigenvalue weighted by atomic mass is 10.1. The monoisotopic (exact) mass is 454 g/mol. The van der Waals surface area contributed by atoms with Crippen molar-refractivity contribution in [2.75, 3.05) is 25.0 Å². The summed E-state index contributed by atoms with van der Waals surface area (Å²) in [7, 11) is -2.21. The topological polar surface area (TPSA) is 93.7 Å². The molecule has 0 fully saturated rings. The van der Waals surface area contributed by atoms with Gasteiger partial charge in [0.05, 0.1) is 24.2 Å². The number of amides is 1. The lowest BCUT2D eigenvalue weighted by Gasteiger charge is -2.13. The Balaban J connectivity index is 1.63. The van der Waals surface area contributed by atoms with Gasteiger partial charge in [0.25, 0.3) is 15.9 Å². The molecule has 0 unspecified atom stereocenters. The quantitative estimate of drug-likeness (QED) is 0.478. The number of benzene rings is 3. The zero-order valence-electron chi connectivity index (χ0n) is 18.2. The van der Waals surface area contributed by atoms with Crippen molar-refractivity contribution in [3.63, 3.8) is 0 Å². The van der Waals surface area contributed by atoms with E-state index in [0.717, 1.165) is 5.56 Å². The van der Waals surface area contributed by atoms with Crippen LogP contribution in [0.1, 0.15) is 21.5 Å². The molecule has 7 nitrogen and oxygen atoms in total. The second-order valence-electron chi connectivity index (χ2n) is 7.20. The molecule has 3 rings (SSSR count). The smallest absolute Gasteiger partial charge is 0.261 e. The number of methoxy groups -OCH3 is 1. The van der Waals surface area contributed by atoms with Crippen molar-refractivity contribution in [2.24, 2.45) is 0 Å². The molecule has 8 heteroatoms. The molecule has 0 spiro atoms. The van der Waals surface area contributed by atoms with Crippen molar-refractivity contribution in [1.29, 1.82) is 0 Å². The summed E-state index contributed by atoms with van der Waals surface area (Å²) in [6.45, 7) is 4.19. The van der Waals surface area contributed by atoms with Crippen LogP contribution in [0.5, 0.6) is 11.5 Å². The molecule has 0 aliphatic rings. The van der Waals surface area contributed by atoms with Gasteiger partial charge in [0.15, 0.2) is 11.5 Å². The highest BCUT2D eigenvalue weighted by atomic mass is 32.2. The van der Waals surface area contributed by atoms with Crippen LogP contribution < -0.4 is 19.5 Å². The van der Waals surface area contributed by atoms with Gasteiger partial charge in [-0.15, -0.1) is 0 Å². The summed E-state index contributed by atoms with van der Waals surface area (Å²) in [6, 6.07) is 18.7. The van der Waals surface area contributed by atoms with Gasteiger partial charge in [0, 0.05) is 5.56 Å². The Morgan fingerprint density at radius 1 is 0.938 bits per heavy atom. The number of sulfonamides is 1. The third-order valence-corrected chi connectivity index (χ3v) is 6.17. The van der Waals surface area contributed by atoms with Gasteiger partial charge in [-0.25, -0.2) is 8.42 Å². The highest BCUT2D eigenvalue weighted by molar-refractivity contribution is 7.92. The third kappa shape index (κ3) is 5.79. The van der Waals surface area contributed by atoms with Gasteiger partial charge in [-0.3, -0.25) is 9.52 Å². The highest BCUT2D eigenvalue weighted by Crippen LogP contribution is 2.25. The number of carbonyl (C=O) groups is 1. The molecule has 0 heterocycles. The predicted octanol–water partition coefficient (Wildman–Crippen LogP) is 3.92. The first-order valence-corrected chi connectivity index (χ1v) is 11.5. The SMILES string of the molecule is COc1ccccc1OCCNC(=O)c1ccc(C)c(NS(=O)(=O)c2ccc(C)cc2)c1. The fourth-order valence-electron chi connectivity index (χ4n) is 2.96. The maximum absolute atomic E-state index is 12.7. The Bertz CT molecular complexity index is 1190. The van der Waals surface area contributed by atoms with E-state index in [4.69, 9.17) is 9.47 Å². The fraction of sp³-hybridized carbons (Fsp3) is 0.208. The van der Waals surface area contributed by atoms with Gasteiger partial charge < -0.3 is 14.8 Å². The summed E-state index contributed by atoms with van der Waals surface area (Å²) in [4.78, 5) is 12.7. The zero-order valence-corrected chi connectivity index (χ0v) is 19.0. The molecule has 2 N–H and O–H groups in total. The van der Waals surface area contributed by atoms with E-state index in [1.807, 2.05) is 19.1 Å². The van der Waals surface area contributed by atoms with Crippen LogP contribution in [0, 0.1) is 13.8 Å². The van der Waals surface area contributed by atoms with Crippen molar-refractivity contribution in [3.8, 4) is 11.5 Å². The maximum atomic E-state index is 12.7. The molecule has 0 atom stereocenters. The second kappa shape index (κ2) is 10.2. The molecule has 168 valence electrons. The van der Waals surface area contributed by atoms with Crippen molar-refractivity contribution in [2.45, 2.75) is 18.7 Å². The minimum absolute atomic E-state index is 0.158. The van der Waals surface area contributed by atoms with E-state index in [1.165, 1.54) is 6.07 Å². The number of rotatable bonds is 9. The second-order valence-corrected chi connectivity index (χ2v) is 8.89. The number of hydrogen-bond donors (Lipinski definition) is 2. The first kappa shape index (κ1) is 23.1. The summed E-state index contributed by atoms with van der Waals surface area (Å²) in [5.74, 6) is 0.875. The van der Waals surface area contributed by atoms with Crippen LogP contribution >= 0.6 is 0 Å². The molecule has 0 aliphatic carbocycles. The number of hydrogen-bond acceptors (Lipinski definition) is 5. The number of para-hydroxylation sites is 2. The number of anilines is 1. The Hall–Kier alpha value is -3.52. The molecule has 0 aromatic heterocycles. The summed E-state index contributed by atoms with van der Waals surface area (Å²) in [5.41, 5.74) is 2.36. The number of carbonyl (C=O) groups excluding carboxylic acids is 1. The van der Waals surface area contributed by atoms with Crippen molar-refractivity contribution in [1.82, 2.24) is 5.32 Å². The zero-order chi connectivity index (χ0) is 23.1. The molecular formula is C24H26N2O5S. The number of ether oxygens (including phenoxy) is 2. The summed E-state index contributed by atoms with van der Waals surface area (Å²) in [6.07, 6.45) is 0. The van der Waals surface area contributed by atoms with Crippen LogP contribution in [-0.2, 0) is 10.0 Å². The summed E-state index contributed by atoms with van der Waals surface area (Å²) in [5, 5.41) is 2.77. The normalized spacial score (nSPS) is 11.0. The molecule has 1 amide bonds. The Kier molecular flexibility index (Phi) is 7.37. The van der Waals surface area contributed by atoms with E-state index in [1.54, 1.807) is 62.6 Å². The molecule has 32 heavy (non-hydrogen) atoms. The predicted molar refractivity (Wildman–Crippen MR) is 124 cm³/mol. The molecular weight excluding hydrogens is 428 g/mol. The van der Waals surface area contributed by atoms with Crippen LogP contribution in [0.15, 0.2) is 71.6 Å². The maximum Gasteiger partial charge on any atom is 0.261 e. The van der Waals surface area contributed by atoms with Gasteiger partial charge in [-0.1, -0.05) is 35.9 Å². The third-order valence-electron chi connectivity index (χ3n) is 4.79. The van der Waals surface area contributed by atoms with Crippen LogP contribution in [0.3, 0.4) is 0 Å². The van der Waals surface area contributed by atoms with Crippen molar-refractivity contribution >= 4 is 21.6 Å². The highest BCUT2D eigenvalue weighted by Gasteiger charge is 2.16. The van der Waals surface area contributed by atoms with Gasteiger partial charge in [0.1, 0.15) is 6.61 Å². The van der Waals surface area contributed by atoms with Crippen molar-refractivity contribution < 1.29 is 22.7 Å². The number of nitrogens with one attached hydrogen (secondary N) is 2. The van der Waals surface area contributed by atoms with Crippen molar-refractivity contribution in [3.05, 3.63) is 83.4 Å². The standard InChI is InChI=1S/C24H26N2O5S/c1-17-8-12-20(13-9-17)32(28,29)26-21-16-19(11-10-18(21)2)24(27)25-14-15-31-23-7-5-4-6-22(23)30-3/h4-13,16,26H,14-15H2,1-3H3,(H,25,27). The average Bonchev–Trinajstić information content (AvgIpc) is 2.78. The summed E-state index contributed by atoms with van der Waals surface area (Å²) >= 11 is 0. The first-order chi connectivity index (χ1) is 15.3. The molecule has 0 radical (unpaired) electrons. The van der Waals surface area contributed by atoms with E-state index in [-0.39, 0.29) is 24.0 Å². The average molecular weight is 455 g/mol. The lowest BCUT2D eigenvalue weighted by molar-refractivity contribution is 0.0947. The van der Waals surface area contributed by atoms with Gasteiger partial charge in [-0.2, -0.15) is 0 Å². The summed E-state index contributed by atoms with van der Waals surface area (Å²) < 4.78 is 38.9. The first-order valence-electron chi connectivity index (χ1n) is 10.0. The van der Waals surface area contributed by atoms with E-state index in [2.05, 4.69) is 10.0 Å². The Morgan fingerprint density at radius 3 is 2.31 bits per heavy atom. The number of aryl methyl sites for hydroxylation is 2. The molecule has 3 aromatic rings. The van der Waals surface area contributed by atoms with E-state index in [9.17, 15) is 13.2 Å². The van der Waals surface area contributed by atoms with Crippen LogP contribution in [-0.4, -0.2) is 34.6 Å². The van der Waals surface area contributed by atoms with Crippen LogP contribution in [0.2, 0.25) is 0 Å². The minimum Gasteiger partial charge on any atom is -0.493 e. The van der Waals surface area contributed by atoms with Gasteiger partial charge in [0.2, 0.25) is 0 Å². The molecule has 0 bridgehead atoms. The van der Waals surface area contributed by atoms with E-state index >= 15 is 0 Å². The minimum atomic E-state index is -3.77. The lowest BCUT2D eigenvalue weighted by Crippen LogP contribution is -2.28. The molecule has 0 saturated heterocycles. The Labute approximate surface area is 188 Å². The fourth-order valence-corrected chi connectivity index (χ4v) is 4.08. The van der Waals surface area contributed by atoms with Crippen LogP contribution in [0.25, 0.3) is 0 Å². The van der Waals surface area contributed by atoms with E-state index in [0.29, 0.717) is 28.3 Å². The molecule has 0 saturated carbocycles. The van der Waals surface area contributed by atoms with E-state index < -0.39 is 10.0 Å². The molecule has 0 aliphatic heterocycles. The largest absolute Gasteiger partial charge is 0.493 e. The molecule has 3 aromatic carbocycles.